The van der Waals surface area contributed by atoms with E-state index in [1.165, 1.54) is 7.11 Å². The number of hydrogen-bond donors (Lipinski definition) is 2. The van der Waals surface area contributed by atoms with E-state index in [0.29, 0.717) is 24.3 Å². The summed E-state index contributed by atoms with van der Waals surface area (Å²) in [5.41, 5.74) is -0.414. The third-order valence-electron chi connectivity index (χ3n) is 5.49. The fraction of sp³-hybridized carbons (Fsp3) is 0.583. The molecule has 6 heteroatoms. The third kappa shape index (κ3) is 7.75. The Kier molecular flexibility index (Phi) is 9.36. The Labute approximate surface area is 183 Å². The van der Waals surface area contributed by atoms with Gasteiger partial charge in [-0.15, -0.1) is 0 Å². The molecule has 1 fully saturated rings. The molecule has 0 unspecified atom stereocenters. The number of halogens is 1. The summed E-state index contributed by atoms with van der Waals surface area (Å²) >= 11 is 6.00. The van der Waals surface area contributed by atoms with E-state index in [1.54, 1.807) is 19.1 Å². The minimum atomic E-state index is -1.28. The van der Waals surface area contributed by atoms with Gasteiger partial charge in [-0.25, -0.2) is 0 Å². The van der Waals surface area contributed by atoms with Gasteiger partial charge in [0.1, 0.15) is 11.4 Å². The number of aliphatic hydroxyl groups is 2. The normalized spacial score (nSPS) is 22.8. The highest BCUT2D eigenvalue weighted by Gasteiger charge is 2.40. The van der Waals surface area contributed by atoms with Gasteiger partial charge in [0, 0.05) is 30.2 Å². The average Bonchev–Trinajstić information content (AvgIpc) is 2.95. The first-order valence-electron chi connectivity index (χ1n) is 10.5. The summed E-state index contributed by atoms with van der Waals surface area (Å²) in [4.78, 5) is 23.5. The molecule has 0 spiro atoms. The molecule has 1 aliphatic carbocycles. The van der Waals surface area contributed by atoms with Gasteiger partial charge in [-0.2, -0.15) is 0 Å². The van der Waals surface area contributed by atoms with Crippen LogP contribution in [0.1, 0.15) is 57.4 Å². The molecule has 1 aromatic rings. The quantitative estimate of drug-likeness (QED) is 0.351. The number of unbranched alkanes of at least 4 members (excludes halogenated alkanes) is 3. The summed E-state index contributed by atoms with van der Waals surface area (Å²) in [6, 6.07) is 7.25. The Hall–Kier alpha value is -1.87. The van der Waals surface area contributed by atoms with Crippen molar-refractivity contribution in [2.75, 3.05) is 7.11 Å². The molecule has 30 heavy (non-hydrogen) atoms. The van der Waals surface area contributed by atoms with Gasteiger partial charge in [0.05, 0.1) is 19.1 Å². The van der Waals surface area contributed by atoms with E-state index in [-0.39, 0.29) is 24.1 Å². The molecule has 0 amide bonds. The molecule has 1 saturated carbocycles. The lowest BCUT2D eigenvalue weighted by Gasteiger charge is -2.19. The lowest BCUT2D eigenvalue weighted by Crippen LogP contribution is -2.26. The van der Waals surface area contributed by atoms with Crippen LogP contribution in [0.4, 0.5) is 0 Å². The molecule has 1 aliphatic rings. The summed E-state index contributed by atoms with van der Waals surface area (Å²) in [6.07, 6.45) is 4.09. The maximum Gasteiger partial charge on any atom is 0.305 e. The highest BCUT2D eigenvalue weighted by molar-refractivity contribution is 6.30. The van der Waals surface area contributed by atoms with E-state index < -0.39 is 17.6 Å². The van der Waals surface area contributed by atoms with Gasteiger partial charge in [-0.05, 0) is 37.5 Å². The highest BCUT2D eigenvalue weighted by atomic mass is 35.5. The van der Waals surface area contributed by atoms with Crippen molar-refractivity contribution in [3.63, 3.8) is 0 Å². The monoisotopic (exact) mass is 434 g/mol. The summed E-state index contributed by atoms with van der Waals surface area (Å²) in [5, 5.41) is 21.6. The van der Waals surface area contributed by atoms with Crippen molar-refractivity contribution in [1.29, 1.82) is 0 Å². The number of esters is 1. The summed E-state index contributed by atoms with van der Waals surface area (Å²) in [7, 11) is 1.38. The minimum Gasteiger partial charge on any atom is -0.469 e. The maximum atomic E-state index is 12.3. The third-order valence-corrected chi connectivity index (χ3v) is 5.73. The van der Waals surface area contributed by atoms with E-state index in [4.69, 9.17) is 11.6 Å². The fourth-order valence-electron chi connectivity index (χ4n) is 3.91. The zero-order chi connectivity index (χ0) is 22.1. The number of ketones is 1. The first kappa shape index (κ1) is 24.4. The molecule has 0 radical (unpaired) electrons. The van der Waals surface area contributed by atoms with Gasteiger partial charge in [-0.1, -0.05) is 54.8 Å². The van der Waals surface area contributed by atoms with Crippen LogP contribution in [0.25, 0.3) is 0 Å². The highest BCUT2D eigenvalue weighted by Crippen LogP contribution is 2.33. The standard InChI is InChI=1S/C24H31ClO5/c1-24(29,16-17-8-7-9-18(25)14-17)13-12-20-19(21(26)15-22(20)27)10-5-3-4-6-11-23(28)30-2/h7-9,14,19-20,22,27,29H,3-6,10-11,15-16H2,1-2H3/t19-,20-,22+,24+/m1/s1. The second-order valence-electron chi connectivity index (χ2n) is 8.25. The van der Waals surface area contributed by atoms with E-state index in [0.717, 1.165) is 31.2 Å². The molecule has 5 nitrogen and oxygen atoms in total. The molecule has 0 heterocycles. The van der Waals surface area contributed by atoms with Crippen LogP contribution in [0, 0.1) is 23.7 Å². The van der Waals surface area contributed by atoms with E-state index in [2.05, 4.69) is 16.6 Å². The number of rotatable bonds is 9. The van der Waals surface area contributed by atoms with Crippen LogP contribution in [0.3, 0.4) is 0 Å². The van der Waals surface area contributed by atoms with Crippen LogP contribution in [0.5, 0.6) is 0 Å². The fourth-order valence-corrected chi connectivity index (χ4v) is 4.12. The van der Waals surface area contributed by atoms with Crippen molar-refractivity contribution in [2.45, 2.75) is 70.0 Å². The number of carbonyl (C=O) groups excluding carboxylic acids is 2. The number of hydrogen-bond acceptors (Lipinski definition) is 5. The molecular weight excluding hydrogens is 404 g/mol. The smallest absolute Gasteiger partial charge is 0.305 e. The molecule has 4 atom stereocenters. The van der Waals surface area contributed by atoms with Gasteiger partial charge in [0.25, 0.3) is 0 Å². The Balaban J connectivity index is 1.91. The Morgan fingerprint density at radius 1 is 1.30 bits per heavy atom. The molecule has 2 rings (SSSR count). The number of carbonyl (C=O) groups is 2. The number of ether oxygens (including phenoxy) is 1. The molecule has 0 aliphatic heterocycles. The van der Waals surface area contributed by atoms with Crippen molar-refractivity contribution in [3.05, 3.63) is 34.9 Å². The number of methoxy groups -OCH3 is 1. The summed E-state index contributed by atoms with van der Waals surface area (Å²) in [6.45, 7) is 1.63. The predicted octanol–water partition coefficient (Wildman–Crippen LogP) is 3.72. The van der Waals surface area contributed by atoms with Gasteiger partial charge < -0.3 is 14.9 Å². The first-order chi connectivity index (χ1) is 14.2. The van der Waals surface area contributed by atoms with Crippen molar-refractivity contribution >= 4 is 23.4 Å². The van der Waals surface area contributed by atoms with E-state index in [1.807, 2.05) is 12.1 Å². The molecule has 0 bridgehead atoms. The molecular formula is C24H31ClO5. The Morgan fingerprint density at radius 3 is 2.73 bits per heavy atom. The minimum absolute atomic E-state index is 0.0332. The Morgan fingerprint density at radius 2 is 2.03 bits per heavy atom. The summed E-state index contributed by atoms with van der Waals surface area (Å²) in [5.74, 6) is 4.93. The zero-order valence-electron chi connectivity index (χ0n) is 17.7. The van der Waals surface area contributed by atoms with E-state index in [9.17, 15) is 19.8 Å². The average molecular weight is 435 g/mol. The van der Waals surface area contributed by atoms with Gasteiger partial charge in [0.2, 0.25) is 0 Å². The lowest BCUT2D eigenvalue weighted by atomic mass is 9.88. The van der Waals surface area contributed by atoms with Gasteiger partial charge in [0.15, 0.2) is 0 Å². The number of benzene rings is 1. The summed E-state index contributed by atoms with van der Waals surface area (Å²) < 4.78 is 4.62. The van der Waals surface area contributed by atoms with Crippen LogP contribution in [0.15, 0.2) is 24.3 Å². The van der Waals surface area contributed by atoms with Gasteiger partial charge >= 0.3 is 5.97 Å². The van der Waals surface area contributed by atoms with Crippen molar-refractivity contribution in [1.82, 2.24) is 0 Å². The second kappa shape index (κ2) is 11.5. The van der Waals surface area contributed by atoms with E-state index >= 15 is 0 Å². The first-order valence-corrected chi connectivity index (χ1v) is 10.9. The number of aliphatic hydroxyl groups excluding tert-OH is 1. The maximum absolute atomic E-state index is 12.3. The largest absolute Gasteiger partial charge is 0.469 e. The van der Waals surface area contributed by atoms with Crippen molar-refractivity contribution in [2.24, 2.45) is 11.8 Å². The second-order valence-corrected chi connectivity index (χ2v) is 8.69. The van der Waals surface area contributed by atoms with Crippen LogP contribution < -0.4 is 0 Å². The van der Waals surface area contributed by atoms with Crippen molar-refractivity contribution < 1.29 is 24.5 Å². The van der Waals surface area contributed by atoms with Crippen LogP contribution in [0.2, 0.25) is 5.02 Å². The Bertz CT molecular complexity index is 792. The van der Waals surface area contributed by atoms with Crippen LogP contribution in [-0.2, 0) is 20.7 Å². The zero-order valence-corrected chi connectivity index (χ0v) is 18.5. The lowest BCUT2D eigenvalue weighted by molar-refractivity contribution is -0.140. The number of Topliss-reactive ketones (excluding diaryl/α,β-unsaturated/α-hetero) is 1. The molecule has 2 N–H and O–H groups in total. The predicted molar refractivity (Wildman–Crippen MR) is 116 cm³/mol. The van der Waals surface area contributed by atoms with Crippen LogP contribution >= 0.6 is 11.6 Å². The van der Waals surface area contributed by atoms with Gasteiger partial charge in [-0.3, -0.25) is 9.59 Å². The van der Waals surface area contributed by atoms with Crippen molar-refractivity contribution in [3.8, 4) is 11.8 Å². The molecule has 0 saturated heterocycles. The SMILES string of the molecule is COC(=O)CCCCCC[C@H]1C(=O)C[C@H](O)[C@@H]1C#C[C@](C)(O)Cc1cccc(Cl)c1. The van der Waals surface area contributed by atoms with Crippen LogP contribution in [-0.4, -0.2) is 40.8 Å². The molecule has 164 valence electrons. The topological polar surface area (TPSA) is 83.8 Å². The molecule has 1 aromatic carbocycles. The molecule has 0 aromatic heterocycles.